The summed E-state index contributed by atoms with van der Waals surface area (Å²) in [5.74, 6) is -1.46. The predicted molar refractivity (Wildman–Crippen MR) is 130 cm³/mol. The molecule has 0 aromatic heterocycles. The molecule has 0 aromatic carbocycles. The Labute approximate surface area is 196 Å². The molecule has 4 N–H and O–H groups in total. The highest BCUT2D eigenvalue weighted by Gasteiger charge is 2.28. The lowest BCUT2D eigenvalue weighted by atomic mass is 10.0. The predicted octanol–water partition coefficient (Wildman–Crippen LogP) is 4.75. The van der Waals surface area contributed by atoms with Crippen molar-refractivity contribution in [3.05, 3.63) is 0 Å². The fourth-order valence-corrected chi connectivity index (χ4v) is 4.63. The van der Waals surface area contributed by atoms with Gasteiger partial charge in [0.15, 0.2) is 0 Å². The van der Waals surface area contributed by atoms with Crippen molar-refractivity contribution in [1.82, 2.24) is 5.32 Å². The summed E-state index contributed by atoms with van der Waals surface area (Å²) in [6.07, 6.45) is 14.7. The van der Waals surface area contributed by atoms with Gasteiger partial charge in [-0.2, -0.15) is 8.42 Å². The second-order valence-corrected chi connectivity index (χ2v) is 10.6. The Morgan fingerprint density at radius 3 is 1.56 bits per heavy atom. The Bertz CT molecular complexity index is 555. The fraction of sp³-hybridized carbons (Fsp3) is 0.958. The summed E-state index contributed by atoms with van der Waals surface area (Å²) in [5.41, 5.74) is 0. The molecule has 7 nitrogen and oxygen atoms in total. The van der Waals surface area contributed by atoms with E-state index in [1.54, 1.807) is 0 Å². The topological polar surface area (TPSA) is 124 Å². The van der Waals surface area contributed by atoms with Crippen molar-refractivity contribution in [1.29, 1.82) is 0 Å². The number of hydrogen-bond acceptors (Lipinski definition) is 5. The van der Waals surface area contributed by atoms with E-state index in [1.807, 2.05) is 0 Å². The molecule has 1 amide bonds. The number of aliphatic hydroxyl groups is 2. The van der Waals surface area contributed by atoms with Crippen LogP contribution in [0.4, 0.5) is 0 Å². The van der Waals surface area contributed by atoms with Crippen LogP contribution in [0.15, 0.2) is 0 Å². The molecular weight excluding hydrogens is 430 g/mol. The second kappa shape index (κ2) is 19.7. The van der Waals surface area contributed by atoms with Gasteiger partial charge in [0.2, 0.25) is 5.91 Å². The van der Waals surface area contributed by atoms with Crippen LogP contribution in [-0.4, -0.2) is 53.1 Å². The number of aliphatic hydroxyl groups excluding tert-OH is 2. The van der Waals surface area contributed by atoms with Crippen molar-refractivity contribution in [2.24, 2.45) is 0 Å². The summed E-state index contributed by atoms with van der Waals surface area (Å²) >= 11 is 0. The Morgan fingerprint density at radius 2 is 1.12 bits per heavy atom. The van der Waals surface area contributed by atoms with Gasteiger partial charge >= 0.3 is 0 Å². The summed E-state index contributed by atoms with van der Waals surface area (Å²) in [7, 11) is -4.37. The Kier molecular flexibility index (Phi) is 19.3. The first-order valence-electron chi connectivity index (χ1n) is 12.8. The number of hydrogen-bond donors (Lipinski definition) is 4. The Morgan fingerprint density at radius 1 is 0.719 bits per heavy atom. The molecule has 0 spiro atoms. The Balaban J connectivity index is 4.23. The highest BCUT2D eigenvalue weighted by atomic mass is 32.2. The molecule has 3 unspecified atom stereocenters. The normalized spacial score (nSPS) is 14.8. The number of amides is 1. The van der Waals surface area contributed by atoms with Crippen molar-refractivity contribution in [3.8, 4) is 0 Å². The number of carbonyl (C=O) groups is 1. The Hall–Kier alpha value is -0.700. The molecule has 8 heteroatoms. The first kappa shape index (κ1) is 31.3. The van der Waals surface area contributed by atoms with E-state index in [2.05, 4.69) is 19.2 Å². The van der Waals surface area contributed by atoms with Crippen LogP contribution in [0.1, 0.15) is 123 Å². The van der Waals surface area contributed by atoms with Crippen LogP contribution < -0.4 is 5.32 Å². The van der Waals surface area contributed by atoms with Crippen molar-refractivity contribution in [2.75, 3.05) is 5.75 Å². The third-order valence-electron chi connectivity index (χ3n) is 5.92. The molecule has 0 aliphatic heterocycles. The lowest BCUT2D eigenvalue weighted by molar-refractivity contribution is -0.131. The summed E-state index contributed by atoms with van der Waals surface area (Å²) in [5, 5.41) is 22.9. The van der Waals surface area contributed by atoms with E-state index in [9.17, 15) is 28.0 Å². The monoisotopic (exact) mass is 479 g/mol. The van der Waals surface area contributed by atoms with E-state index >= 15 is 0 Å². The molecule has 0 heterocycles. The third kappa shape index (κ3) is 18.8. The lowest BCUT2D eigenvalue weighted by Crippen LogP contribution is -2.50. The largest absolute Gasteiger partial charge is 0.391 e. The van der Waals surface area contributed by atoms with E-state index < -0.39 is 40.0 Å². The van der Waals surface area contributed by atoms with E-state index in [4.69, 9.17) is 0 Å². The van der Waals surface area contributed by atoms with E-state index in [0.29, 0.717) is 25.7 Å². The van der Waals surface area contributed by atoms with E-state index in [-0.39, 0.29) is 0 Å². The SMILES string of the molecule is CCCCCCCCCCCCC(O)C(=O)NC(CS(=O)(=O)O)C(O)CCCCCCC. The standard InChI is InChI=1S/C24H49NO6S/c1-3-5-7-9-10-11-12-13-15-17-19-23(27)24(28)25-21(20-32(29,30)31)22(26)18-16-14-8-6-4-2/h21-23,26-27H,3-20H2,1-2H3,(H,25,28)(H,29,30,31). The second-order valence-electron chi connectivity index (χ2n) is 9.12. The molecule has 3 atom stereocenters. The molecular formula is C24H49NO6S. The molecule has 32 heavy (non-hydrogen) atoms. The summed E-state index contributed by atoms with van der Waals surface area (Å²) < 4.78 is 31.8. The van der Waals surface area contributed by atoms with E-state index in [0.717, 1.165) is 44.9 Å². The zero-order chi connectivity index (χ0) is 24.2. The van der Waals surface area contributed by atoms with Gasteiger partial charge in [0.05, 0.1) is 17.9 Å². The minimum Gasteiger partial charge on any atom is -0.391 e. The average molecular weight is 480 g/mol. The van der Waals surface area contributed by atoms with Crippen molar-refractivity contribution >= 4 is 16.0 Å². The zero-order valence-corrected chi connectivity index (χ0v) is 21.3. The lowest BCUT2D eigenvalue weighted by Gasteiger charge is -2.24. The molecule has 0 aliphatic carbocycles. The molecule has 0 aromatic rings. The van der Waals surface area contributed by atoms with Crippen LogP contribution >= 0.6 is 0 Å². The van der Waals surface area contributed by atoms with Crippen LogP contribution in [0, 0.1) is 0 Å². The first-order chi connectivity index (χ1) is 15.2. The molecule has 0 bridgehead atoms. The number of rotatable bonds is 22. The van der Waals surface area contributed by atoms with Crippen LogP contribution in [-0.2, 0) is 14.9 Å². The van der Waals surface area contributed by atoms with Gasteiger partial charge in [-0.3, -0.25) is 9.35 Å². The summed E-state index contributed by atoms with van der Waals surface area (Å²) in [6.45, 7) is 4.31. The van der Waals surface area contributed by atoms with Gasteiger partial charge in [-0.1, -0.05) is 110 Å². The minimum absolute atomic E-state index is 0.300. The maximum Gasteiger partial charge on any atom is 0.266 e. The van der Waals surface area contributed by atoms with E-state index in [1.165, 1.54) is 38.5 Å². The van der Waals surface area contributed by atoms with Crippen LogP contribution in [0.5, 0.6) is 0 Å². The third-order valence-corrected chi connectivity index (χ3v) is 6.70. The maximum atomic E-state index is 12.3. The molecule has 0 saturated carbocycles. The maximum absolute atomic E-state index is 12.3. The molecule has 0 aliphatic rings. The first-order valence-corrected chi connectivity index (χ1v) is 14.4. The number of unbranched alkanes of at least 4 members (excludes halogenated alkanes) is 13. The van der Waals surface area contributed by atoms with Gasteiger partial charge in [0.25, 0.3) is 10.1 Å². The number of carbonyl (C=O) groups excluding carboxylic acids is 1. The highest BCUT2D eigenvalue weighted by molar-refractivity contribution is 7.85. The van der Waals surface area contributed by atoms with Crippen molar-refractivity contribution in [3.63, 3.8) is 0 Å². The van der Waals surface area contributed by atoms with Crippen LogP contribution in [0.2, 0.25) is 0 Å². The van der Waals surface area contributed by atoms with Gasteiger partial charge in [0, 0.05) is 0 Å². The smallest absolute Gasteiger partial charge is 0.266 e. The van der Waals surface area contributed by atoms with Gasteiger partial charge in [0.1, 0.15) is 6.10 Å². The average Bonchev–Trinajstić information content (AvgIpc) is 2.73. The van der Waals surface area contributed by atoms with Gasteiger partial charge in [-0.15, -0.1) is 0 Å². The molecule has 0 saturated heterocycles. The van der Waals surface area contributed by atoms with Crippen LogP contribution in [0.25, 0.3) is 0 Å². The molecule has 192 valence electrons. The fourth-order valence-electron chi connectivity index (χ4n) is 3.87. The van der Waals surface area contributed by atoms with Crippen molar-refractivity contribution in [2.45, 2.75) is 141 Å². The molecule has 0 radical (unpaired) electrons. The molecule has 0 rings (SSSR count). The molecule has 0 fully saturated rings. The van der Waals surface area contributed by atoms with Gasteiger partial charge < -0.3 is 15.5 Å². The number of nitrogens with one attached hydrogen (secondary N) is 1. The minimum atomic E-state index is -4.37. The zero-order valence-electron chi connectivity index (χ0n) is 20.4. The van der Waals surface area contributed by atoms with Gasteiger partial charge in [-0.05, 0) is 12.8 Å². The van der Waals surface area contributed by atoms with Crippen LogP contribution in [0.3, 0.4) is 0 Å². The van der Waals surface area contributed by atoms with Gasteiger partial charge in [-0.25, -0.2) is 0 Å². The summed E-state index contributed by atoms with van der Waals surface area (Å²) in [6, 6.07) is -1.13. The highest BCUT2D eigenvalue weighted by Crippen LogP contribution is 2.14. The van der Waals surface area contributed by atoms with Crippen molar-refractivity contribution < 1.29 is 28.0 Å². The summed E-state index contributed by atoms with van der Waals surface area (Å²) in [4.78, 5) is 12.3. The quantitative estimate of drug-likeness (QED) is 0.131.